The van der Waals surface area contributed by atoms with Gasteiger partial charge in [0, 0.05) is 11.2 Å². The first-order valence-corrected chi connectivity index (χ1v) is 5.37. The molecule has 0 unspecified atom stereocenters. The second kappa shape index (κ2) is 3.82. The number of H-pyrrole nitrogens is 1. The topological polar surface area (TPSA) is 41.6 Å². The highest BCUT2D eigenvalue weighted by Gasteiger charge is 2.09. The lowest BCUT2D eigenvalue weighted by Crippen LogP contribution is -1.86. The molecule has 1 aromatic carbocycles. The zero-order chi connectivity index (χ0) is 11.8. The minimum Gasteiger partial charge on any atom is -0.338 e. The standard InChI is InChI=1S/C12H7ClFN3/c13-7-1-2-10-11(5-7)17-12(16-10)8-3-4-15-6-9(8)14/h1-6H,(H,16,17). The van der Waals surface area contributed by atoms with Crippen molar-refractivity contribution in [2.24, 2.45) is 0 Å². The maximum Gasteiger partial charge on any atom is 0.152 e. The Kier molecular flexibility index (Phi) is 2.30. The molecule has 3 aromatic rings. The Balaban J connectivity index is 2.22. The Morgan fingerprint density at radius 1 is 1.24 bits per heavy atom. The number of benzene rings is 1. The minimum absolute atomic E-state index is 0.396. The second-order valence-electron chi connectivity index (χ2n) is 3.60. The third-order valence-corrected chi connectivity index (χ3v) is 2.71. The van der Waals surface area contributed by atoms with Crippen LogP contribution < -0.4 is 0 Å². The Labute approximate surface area is 101 Å². The zero-order valence-electron chi connectivity index (χ0n) is 8.61. The molecule has 0 aliphatic carbocycles. The van der Waals surface area contributed by atoms with Crippen molar-refractivity contribution in [3.05, 3.63) is 47.5 Å². The van der Waals surface area contributed by atoms with Crippen LogP contribution in [0.4, 0.5) is 4.39 Å². The van der Waals surface area contributed by atoms with E-state index in [1.165, 1.54) is 6.20 Å². The van der Waals surface area contributed by atoms with Crippen LogP contribution in [0, 0.1) is 5.82 Å². The third kappa shape index (κ3) is 1.76. The number of nitrogens with zero attached hydrogens (tertiary/aromatic N) is 2. The van der Waals surface area contributed by atoms with Gasteiger partial charge < -0.3 is 4.98 Å². The number of imidazole rings is 1. The summed E-state index contributed by atoms with van der Waals surface area (Å²) < 4.78 is 13.5. The molecule has 2 aromatic heterocycles. The van der Waals surface area contributed by atoms with E-state index in [4.69, 9.17) is 11.6 Å². The van der Waals surface area contributed by atoms with Crippen LogP contribution in [0.25, 0.3) is 22.4 Å². The number of fused-ring (bicyclic) bond motifs is 1. The lowest BCUT2D eigenvalue weighted by molar-refractivity contribution is 0.624. The summed E-state index contributed by atoms with van der Waals surface area (Å²) in [5.74, 6) is 0.0693. The SMILES string of the molecule is Fc1cnccc1-c1nc2ccc(Cl)cc2[nH]1. The van der Waals surface area contributed by atoms with Crippen molar-refractivity contribution in [3.63, 3.8) is 0 Å². The van der Waals surface area contributed by atoms with E-state index in [-0.39, 0.29) is 0 Å². The first-order chi connectivity index (χ1) is 8.24. The predicted octanol–water partition coefficient (Wildman–Crippen LogP) is 3.42. The number of rotatable bonds is 1. The molecule has 0 fully saturated rings. The molecule has 0 aliphatic heterocycles. The molecule has 84 valence electrons. The molecule has 5 heteroatoms. The molecule has 0 spiro atoms. The number of nitrogens with one attached hydrogen (secondary N) is 1. The van der Waals surface area contributed by atoms with Gasteiger partial charge in [0.05, 0.1) is 22.8 Å². The van der Waals surface area contributed by atoms with Crippen LogP contribution in [-0.4, -0.2) is 15.0 Å². The largest absolute Gasteiger partial charge is 0.338 e. The number of aromatic amines is 1. The smallest absolute Gasteiger partial charge is 0.152 e. The Morgan fingerprint density at radius 3 is 2.94 bits per heavy atom. The van der Waals surface area contributed by atoms with Crippen LogP contribution in [-0.2, 0) is 0 Å². The molecule has 0 atom stereocenters. The average Bonchev–Trinajstić information content (AvgIpc) is 2.72. The molecule has 0 amide bonds. The molecular weight excluding hydrogens is 241 g/mol. The Morgan fingerprint density at radius 2 is 2.12 bits per heavy atom. The first kappa shape index (κ1) is 10.2. The molecule has 1 N–H and O–H groups in total. The number of hydrogen-bond donors (Lipinski definition) is 1. The lowest BCUT2D eigenvalue weighted by atomic mass is 10.2. The van der Waals surface area contributed by atoms with Gasteiger partial charge in [0.2, 0.25) is 0 Å². The molecular formula is C12H7ClFN3. The number of hydrogen-bond acceptors (Lipinski definition) is 2. The molecule has 3 rings (SSSR count). The van der Waals surface area contributed by atoms with Crippen LogP contribution in [0.3, 0.4) is 0 Å². The maximum absolute atomic E-state index is 13.5. The lowest BCUT2D eigenvalue weighted by Gasteiger charge is -1.96. The fraction of sp³-hybridized carbons (Fsp3) is 0. The van der Waals surface area contributed by atoms with E-state index in [2.05, 4.69) is 15.0 Å². The Bertz CT molecular complexity index is 693. The van der Waals surface area contributed by atoms with E-state index in [1.54, 1.807) is 24.3 Å². The fourth-order valence-corrected chi connectivity index (χ4v) is 1.85. The Hall–Kier alpha value is -1.94. The van der Waals surface area contributed by atoms with E-state index in [1.807, 2.05) is 0 Å². The van der Waals surface area contributed by atoms with Gasteiger partial charge in [-0.2, -0.15) is 0 Å². The van der Waals surface area contributed by atoms with Crippen molar-refractivity contribution < 1.29 is 4.39 Å². The van der Waals surface area contributed by atoms with Gasteiger partial charge in [0.25, 0.3) is 0 Å². The average molecular weight is 248 g/mol. The number of halogens is 2. The summed E-state index contributed by atoms with van der Waals surface area (Å²) in [5, 5.41) is 0.614. The van der Waals surface area contributed by atoms with E-state index in [0.717, 1.165) is 17.2 Å². The van der Waals surface area contributed by atoms with Crippen molar-refractivity contribution in [2.45, 2.75) is 0 Å². The van der Waals surface area contributed by atoms with Gasteiger partial charge in [-0.15, -0.1) is 0 Å². The summed E-state index contributed by atoms with van der Waals surface area (Å²) in [6.45, 7) is 0. The molecule has 0 bridgehead atoms. The van der Waals surface area contributed by atoms with Crippen molar-refractivity contribution in [3.8, 4) is 11.4 Å². The van der Waals surface area contributed by atoms with E-state index in [9.17, 15) is 4.39 Å². The first-order valence-electron chi connectivity index (χ1n) is 4.99. The number of aromatic nitrogens is 3. The van der Waals surface area contributed by atoms with Crippen LogP contribution in [0.5, 0.6) is 0 Å². The van der Waals surface area contributed by atoms with Crippen molar-refractivity contribution in [2.75, 3.05) is 0 Å². The van der Waals surface area contributed by atoms with Crippen LogP contribution in [0.15, 0.2) is 36.7 Å². The van der Waals surface area contributed by atoms with Gasteiger partial charge in [-0.05, 0) is 24.3 Å². The van der Waals surface area contributed by atoms with E-state index < -0.39 is 5.82 Å². The molecule has 0 aliphatic rings. The molecule has 0 saturated heterocycles. The summed E-state index contributed by atoms with van der Waals surface area (Å²) in [6.07, 6.45) is 2.69. The normalized spacial score (nSPS) is 10.9. The van der Waals surface area contributed by atoms with Gasteiger partial charge in [0.1, 0.15) is 5.82 Å². The summed E-state index contributed by atoms with van der Waals surface area (Å²) in [5.41, 5.74) is 1.93. The highest BCUT2D eigenvalue weighted by molar-refractivity contribution is 6.31. The van der Waals surface area contributed by atoms with Gasteiger partial charge in [-0.3, -0.25) is 4.98 Å². The predicted molar refractivity (Wildman–Crippen MR) is 64.3 cm³/mol. The second-order valence-corrected chi connectivity index (χ2v) is 4.04. The van der Waals surface area contributed by atoms with Gasteiger partial charge >= 0.3 is 0 Å². The monoisotopic (exact) mass is 247 g/mol. The van der Waals surface area contributed by atoms with Crippen LogP contribution in [0.2, 0.25) is 5.02 Å². The van der Waals surface area contributed by atoms with Crippen LogP contribution in [0.1, 0.15) is 0 Å². The molecule has 2 heterocycles. The van der Waals surface area contributed by atoms with E-state index in [0.29, 0.717) is 16.4 Å². The molecule has 0 saturated carbocycles. The highest BCUT2D eigenvalue weighted by Crippen LogP contribution is 2.23. The molecule has 0 radical (unpaired) electrons. The summed E-state index contributed by atoms with van der Waals surface area (Å²) >= 11 is 5.87. The van der Waals surface area contributed by atoms with Crippen molar-refractivity contribution in [1.29, 1.82) is 0 Å². The highest BCUT2D eigenvalue weighted by atomic mass is 35.5. The molecule has 3 nitrogen and oxygen atoms in total. The molecule has 17 heavy (non-hydrogen) atoms. The summed E-state index contributed by atoms with van der Waals surface area (Å²) in [6, 6.07) is 6.87. The quantitative estimate of drug-likeness (QED) is 0.716. The third-order valence-electron chi connectivity index (χ3n) is 2.47. The zero-order valence-corrected chi connectivity index (χ0v) is 9.37. The number of pyridine rings is 1. The summed E-state index contributed by atoms with van der Waals surface area (Å²) in [7, 11) is 0. The van der Waals surface area contributed by atoms with Gasteiger partial charge in [-0.1, -0.05) is 11.6 Å². The van der Waals surface area contributed by atoms with E-state index >= 15 is 0 Å². The van der Waals surface area contributed by atoms with Crippen LogP contribution >= 0.6 is 11.6 Å². The maximum atomic E-state index is 13.5. The minimum atomic E-state index is -0.405. The van der Waals surface area contributed by atoms with Crippen molar-refractivity contribution in [1.82, 2.24) is 15.0 Å². The van der Waals surface area contributed by atoms with Crippen molar-refractivity contribution >= 4 is 22.6 Å². The van der Waals surface area contributed by atoms with Gasteiger partial charge in [-0.25, -0.2) is 9.37 Å². The summed E-state index contributed by atoms with van der Waals surface area (Å²) in [4.78, 5) is 11.0. The van der Waals surface area contributed by atoms with Gasteiger partial charge in [0.15, 0.2) is 5.82 Å². The fourth-order valence-electron chi connectivity index (χ4n) is 1.68.